The second-order valence-corrected chi connectivity index (χ2v) is 7.47. The molecule has 3 aromatic rings. The highest BCUT2D eigenvalue weighted by molar-refractivity contribution is 6.30. The molecule has 1 aliphatic rings. The van der Waals surface area contributed by atoms with Crippen LogP contribution in [0.1, 0.15) is 11.4 Å². The predicted molar refractivity (Wildman–Crippen MR) is 108 cm³/mol. The third-order valence-corrected chi connectivity index (χ3v) is 5.49. The van der Waals surface area contributed by atoms with E-state index in [2.05, 4.69) is 22.6 Å². The van der Waals surface area contributed by atoms with E-state index < -0.39 is 0 Å². The topological polar surface area (TPSA) is 41.4 Å². The highest BCUT2D eigenvalue weighted by Crippen LogP contribution is 2.17. The Labute approximate surface area is 164 Å². The monoisotopic (exact) mass is 382 g/mol. The van der Waals surface area contributed by atoms with Crippen molar-refractivity contribution in [1.82, 2.24) is 19.4 Å². The molecule has 1 aliphatic heterocycles. The van der Waals surface area contributed by atoms with Crippen molar-refractivity contribution < 1.29 is 4.79 Å². The number of carbonyl (C=O) groups is 1. The Morgan fingerprint density at radius 1 is 1.04 bits per heavy atom. The van der Waals surface area contributed by atoms with E-state index in [0.717, 1.165) is 55.1 Å². The van der Waals surface area contributed by atoms with E-state index in [9.17, 15) is 4.79 Å². The number of benzene rings is 2. The van der Waals surface area contributed by atoms with Gasteiger partial charge in [-0.05, 0) is 29.8 Å². The molecule has 0 N–H and O–H groups in total. The molecule has 0 atom stereocenters. The van der Waals surface area contributed by atoms with E-state index in [-0.39, 0.29) is 5.91 Å². The van der Waals surface area contributed by atoms with Gasteiger partial charge in [-0.15, -0.1) is 0 Å². The number of halogens is 1. The molecule has 1 fully saturated rings. The Morgan fingerprint density at radius 2 is 1.74 bits per heavy atom. The van der Waals surface area contributed by atoms with Gasteiger partial charge >= 0.3 is 0 Å². The smallest absolute Gasteiger partial charge is 0.227 e. The lowest BCUT2D eigenvalue weighted by atomic mass is 10.1. The number of rotatable bonds is 4. The number of aromatic nitrogens is 2. The first kappa shape index (κ1) is 18.0. The molecule has 2 aromatic carbocycles. The van der Waals surface area contributed by atoms with Crippen LogP contribution in [-0.2, 0) is 24.8 Å². The van der Waals surface area contributed by atoms with Gasteiger partial charge < -0.3 is 9.47 Å². The second-order valence-electron chi connectivity index (χ2n) is 7.04. The van der Waals surface area contributed by atoms with E-state index >= 15 is 0 Å². The lowest BCUT2D eigenvalue weighted by Crippen LogP contribution is -2.48. The summed E-state index contributed by atoms with van der Waals surface area (Å²) in [7, 11) is 2.07. The number of para-hydroxylation sites is 2. The minimum atomic E-state index is 0.180. The van der Waals surface area contributed by atoms with Crippen LogP contribution in [0.2, 0.25) is 5.02 Å². The Kier molecular flexibility index (Phi) is 5.14. The molecule has 1 amide bonds. The first-order valence-corrected chi connectivity index (χ1v) is 9.63. The number of hydrogen-bond acceptors (Lipinski definition) is 3. The molecular formula is C21H23ClN4O. The van der Waals surface area contributed by atoms with Crippen molar-refractivity contribution in [3.8, 4) is 0 Å². The van der Waals surface area contributed by atoms with Crippen LogP contribution in [0, 0.1) is 0 Å². The summed E-state index contributed by atoms with van der Waals surface area (Å²) in [5.41, 5.74) is 3.20. The zero-order chi connectivity index (χ0) is 18.8. The van der Waals surface area contributed by atoms with Crippen LogP contribution < -0.4 is 0 Å². The number of carbonyl (C=O) groups excluding carboxylic acids is 1. The van der Waals surface area contributed by atoms with Gasteiger partial charge in [0, 0.05) is 38.2 Å². The van der Waals surface area contributed by atoms with Crippen LogP contribution in [0.4, 0.5) is 0 Å². The first-order valence-electron chi connectivity index (χ1n) is 9.25. The fraction of sp³-hybridized carbons (Fsp3) is 0.333. The molecule has 140 valence electrons. The van der Waals surface area contributed by atoms with Crippen LogP contribution in [0.25, 0.3) is 11.0 Å². The number of amides is 1. The lowest BCUT2D eigenvalue weighted by Gasteiger charge is -2.34. The number of nitrogens with zero attached hydrogens (tertiary/aromatic N) is 4. The maximum atomic E-state index is 12.5. The molecule has 0 spiro atoms. The van der Waals surface area contributed by atoms with Gasteiger partial charge in [0.15, 0.2) is 0 Å². The van der Waals surface area contributed by atoms with Crippen LogP contribution in [-0.4, -0.2) is 51.4 Å². The molecule has 5 nitrogen and oxygen atoms in total. The third kappa shape index (κ3) is 3.99. The SMILES string of the molecule is Cn1c(CN2CCN(C(=O)Cc3ccc(Cl)cc3)CC2)nc2ccccc21. The van der Waals surface area contributed by atoms with E-state index in [1.807, 2.05) is 47.4 Å². The molecule has 0 unspecified atom stereocenters. The molecule has 0 saturated carbocycles. The van der Waals surface area contributed by atoms with Crippen molar-refractivity contribution in [1.29, 1.82) is 0 Å². The van der Waals surface area contributed by atoms with Crippen LogP contribution in [0.3, 0.4) is 0 Å². The molecule has 0 bridgehead atoms. The maximum absolute atomic E-state index is 12.5. The normalized spacial score (nSPS) is 15.4. The summed E-state index contributed by atoms with van der Waals surface area (Å²) in [6.45, 7) is 4.07. The number of aryl methyl sites for hydroxylation is 1. The van der Waals surface area contributed by atoms with Gasteiger partial charge in [0.2, 0.25) is 5.91 Å². The first-order chi connectivity index (χ1) is 13.1. The number of hydrogen-bond donors (Lipinski definition) is 0. The van der Waals surface area contributed by atoms with Crippen molar-refractivity contribution >= 4 is 28.5 Å². The highest BCUT2D eigenvalue weighted by atomic mass is 35.5. The Morgan fingerprint density at radius 3 is 2.44 bits per heavy atom. The van der Waals surface area contributed by atoms with Gasteiger partial charge in [0.05, 0.1) is 24.0 Å². The number of imidazole rings is 1. The summed E-state index contributed by atoms with van der Waals surface area (Å²) in [5, 5.41) is 0.696. The van der Waals surface area contributed by atoms with Crippen molar-refractivity contribution in [3.63, 3.8) is 0 Å². The molecule has 27 heavy (non-hydrogen) atoms. The minimum Gasteiger partial charge on any atom is -0.340 e. The molecule has 2 heterocycles. The van der Waals surface area contributed by atoms with Crippen LogP contribution >= 0.6 is 11.6 Å². The van der Waals surface area contributed by atoms with Crippen molar-refractivity contribution in [2.75, 3.05) is 26.2 Å². The zero-order valence-corrected chi connectivity index (χ0v) is 16.2. The number of piperazine rings is 1. The van der Waals surface area contributed by atoms with Crippen molar-refractivity contribution in [2.45, 2.75) is 13.0 Å². The molecular weight excluding hydrogens is 360 g/mol. The van der Waals surface area contributed by atoms with Gasteiger partial charge in [0.1, 0.15) is 5.82 Å². The summed E-state index contributed by atoms with van der Waals surface area (Å²) in [4.78, 5) is 21.6. The van der Waals surface area contributed by atoms with Gasteiger partial charge in [-0.25, -0.2) is 4.98 Å². The van der Waals surface area contributed by atoms with Gasteiger partial charge in [-0.1, -0.05) is 35.9 Å². The Balaban J connectivity index is 1.33. The molecule has 0 aliphatic carbocycles. The van der Waals surface area contributed by atoms with Gasteiger partial charge in [0.25, 0.3) is 0 Å². The fourth-order valence-electron chi connectivity index (χ4n) is 3.58. The Hall–Kier alpha value is -2.37. The summed E-state index contributed by atoms with van der Waals surface area (Å²) < 4.78 is 2.16. The van der Waals surface area contributed by atoms with Crippen molar-refractivity contribution in [2.24, 2.45) is 7.05 Å². The molecule has 1 aromatic heterocycles. The van der Waals surface area contributed by atoms with E-state index in [1.54, 1.807) is 0 Å². The largest absolute Gasteiger partial charge is 0.340 e. The van der Waals surface area contributed by atoms with Gasteiger partial charge in [-0.3, -0.25) is 9.69 Å². The quantitative estimate of drug-likeness (QED) is 0.696. The van der Waals surface area contributed by atoms with Gasteiger partial charge in [-0.2, -0.15) is 0 Å². The summed E-state index contributed by atoms with van der Waals surface area (Å²) in [5.74, 6) is 1.25. The predicted octanol–water partition coefficient (Wildman–Crippen LogP) is 3.11. The Bertz CT molecular complexity index is 942. The average molecular weight is 383 g/mol. The molecule has 4 rings (SSSR count). The van der Waals surface area contributed by atoms with E-state index in [4.69, 9.17) is 16.6 Å². The lowest BCUT2D eigenvalue weighted by molar-refractivity contribution is -0.132. The molecule has 0 radical (unpaired) electrons. The number of fused-ring (bicyclic) bond motifs is 1. The van der Waals surface area contributed by atoms with E-state index in [1.165, 1.54) is 0 Å². The molecule has 6 heteroatoms. The summed E-state index contributed by atoms with van der Waals surface area (Å²) in [6, 6.07) is 15.7. The molecule has 1 saturated heterocycles. The average Bonchev–Trinajstić information content (AvgIpc) is 3.00. The summed E-state index contributed by atoms with van der Waals surface area (Å²) in [6.07, 6.45) is 0.432. The fourth-order valence-corrected chi connectivity index (χ4v) is 3.71. The standard InChI is InChI=1S/C21H23ClN4O/c1-24-19-5-3-2-4-18(19)23-20(24)15-25-10-12-26(13-11-25)21(27)14-16-6-8-17(22)9-7-16/h2-9H,10-15H2,1H3. The second kappa shape index (κ2) is 7.71. The zero-order valence-electron chi connectivity index (χ0n) is 15.4. The van der Waals surface area contributed by atoms with Crippen LogP contribution in [0.15, 0.2) is 48.5 Å². The summed E-state index contributed by atoms with van der Waals surface area (Å²) >= 11 is 5.91. The van der Waals surface area contributed by atoms with E-state index in [0.29, 0.717) is 11.4 Å². The minimum absolute atomic E-state index is 0.180. The van der Waals surface area contributed by atoms with Crippen LogP contribution in [0.5, 0.6) is 0 Å². The maximum Gasteiger partial charge on any atom is 0.227 e. The highest BCUT2D eigenvalue weighted by Gasteiger charge is 2.22. The van der Waals surface area contributed by atoms with Crippen molar-refractivity contribution in [3.05, 3.63) is 64.9 Å². The third-order valence-electron chi connectivity index (χ3n) is 5.24.